The first-order chi connectivity index (χ1) is 13.9. The molecule has 4 rings (SSSR count). The number of hydrogen-bond acceptors (Lipinski definition) is 6. The molecule has 156 valence electrons. The number of rotatable bonds is 5. The number of benzene rings is 1. The van der Waals surface area contributed by atoms with Crippen LogP contribution in [-0.4, -0.2) is 50.7 Å². The fourth-order valence-electron chi connectivity index (χ4n) is 3.52. The van der Waals surface area contributed by atoms with Gasteiger partial charge in [-0.3, -0.25) is 4.79 Å². The number of hydrogen-bond donors (Lipinski definition) is 1. The molecule has 0 saturated carbocycles. The molecule has 29 heavy (non-hydrogen) atoms. The fourth-order valence-corrected chi connectivity index (χ4v) is 5.63. The van der Waals surface area contributed by atoms with E-state index in [9.17, 15) is 17.6 Å². The average molecular weight is 441 g/mol. The Hall–Kier alpha value is -1.85. The molecule has 2 aliphatic rings. The van der Waals surface area contributed by atoms with E-state index in [1.165, 1.54) is 21.7 Å². The lowest BCUT2D eigenvalue weighted by Gasteiger charge is -2.36. The van der Waals surface area contributed by atoms with Gasteiger partial charge in [0.15, 0.2) is 5.79 Å². The molecular weight excluding hydrogens is 419 g/mol. The van der Waals surface area contributed by atoms with Crippen LogP contribution < -0.4 is 5.32 Å². The van der Waals surface area contributed by atoms with Crippen molar-refractivity contribution in [2.45, 2.75) is 30.1 Å². The first-order valence-electron chi connectivity index (χ1n) is 9.28. The van der Waals surface area contributed by atoms with Crippen LogP contribution in [0.1, 0.15) is 28.1 Å². The van der Waals surface area contributed by atoms with E-state index in [0.29, 0.717) is 26.1 Å². The topological polar surface area (TPSA) is 84.9 Å². The van der Waals surface area contributed by atoms with Crippen molar-refractivity contribution in [1.82, 2.24) is 9.62 Å². The molecule has 1 N–H and O–H groups in total. The summed E-state index contributed by atoms with van der Waals surface area (Å²) < 4.78 is 52.8. The average Bonchev–Trinajstić information content (AvgIpc) is 3.39. The second kappa shape index (κ2) is 8.11. The van der Waals surface area contributed by atoms with Crippen molar-refractivity contribution in [3.63, 3.8) is 0 Å². The van der Waals surface area contributed by atoms with Gasteiger partial charge in [-0.05, 0) is 29.6 Å². The zero-order valence-electron chi connectivity index (χ0n) is 15.6. The van der Waals surface area contributed by atoms with Crippen molar-refractivity contribution in [3.8, 4) is 0 Å². The molecule has 2 aliphatic heterocycles. The summed E-state index contributed by atoms with van der Waals surface area (Å²) in [5, 5.41) is 4.50. The number of nitrogens with one attached hydrogen (secondary N) is 1. The summed E-state index contributed by atoms with van der Waals surface area (Å²) in [4.78, 5) is 13.2. The molecule has 1 spiro atoms. The molecule has 2 saturated heterocycles. The van der Waals surface area contributed by atoms with E-state index in [1.807, 2.05) is 17.5 Å². The lowest BCUT2D eigenvalue weighted by Crippen LogP contribution is -2.47. The maximum atomic E-state index is 14.2. The standard InChI is InChI=1S/C19H21FN2O5S2/c20-17-4-3-15(12-16(17)18(23)21-13-14-2-1-11-28-14)29(24,25)22-7-5-19(6-8-22)26-9-10-27-19/h1-4,11-12H,5-10,13H2,(H,21,23). The second-order valence-corrected chi connectivity index (χ2v) is 9.89. The Morgan fingerprint density at radius 2 is 1.93 bits per heavy atom. The third-order valence-electron chi connectivity index (χ3n) is 5.12. The predicted molar refractivity (Wildman–Crippen MR) is 105 cm³/mol. The first kappa shape index (κ1) is 20.4. The molecule has 0 atom stereocenters. The van der Waals surface area contributed by atoms with Crippen molar-refractivity contribution >= 4 is 27.3 Å². The number of sulfonamides is 1. The molecule has 0 unspecified atom stereocenters. The molecule has 2 fully saturated rings. The summed E-state index contributed by atoms with van der Waals surface area (Å²) in [6.45, 7) is 1.74. The lowest BCUT2D eigenvalue weighted by atomic mass is 10.1. The maximum absolute atomic E-state index is 14.2. The second-order valence-electron chi connectivity index (χ2n) is 6.92. The zero-order chi connectivity index (χ0) is 20.5. The van der Waals surface area contributed by atoms with Crippen LogP contribution in [0, 0.1) is 5.82 Å². The smallest absolute Gasteiger partial charge is 0.254 e. The molecule has 1 aromatic carbocycles. The van der Waals surface area contributed by atoms with Gasteiger partial charge in [-0.1, -0.05) is 6.07 Å². The number of carbonyl (C=O) groups is 1. The summed E-state index contributed by atoms with van der Waals surface area (Å²) in [7, 11) is -3.86. The van der Waals surface area contributed by atoms with Crippen molar-refractivity contribution < 1.29 is 27.1 Å². The zero-order valence-corrected chi connectivity index (χ0v) is 17.2. The van der Waals surface area contributed by atoms with Gasteiger partial charge in [0.1, 0.15) is 5.82 Å². The van der Waals surface area contributed by atoms with Gasteiger partial charge in [0, 0.05) is 30.8 Å². The van der Waals surface area contributed by atoms with Crippen molar-refractivity contribution in [2.24, 2.45) is 0 Å². The highest BCUT2D eigenvalue weighted by atomic mass is 32.2. The molecule has 7 nitrogen and oxygen atoms in total. The summed E-state index contributed by atoms with van der Waals surface area (Å²) in [6, 6.07) is 7.00. The third-order valence-corrected chi connectivity index (χ3v) is 7.89. The molecule has 2 aromatic rings. The highest BCUT2D eigenvalue weighted by Gasteiger charge is 2.42. The monoisotopic (exact) mass is 440 g/mol. The van der Waals surface area contributed by atoms with E-state index in [0.717, 1.165) is 17.0 Å². The third kappa shape index (κ3) is 4.22. The highest BCUT2D eigenvalue weighted by molar-refractivity contribution is 7.89. The van der Waals surface area contributed by atoms with E-state index in [4.69, 9.17) is 9.47 Å². The minimum atomic E-state index is -3.86. The lowest BCUT2D eigenvalue weighted by molar-refractivity contribution is -0.179. The van der Waals surface area contributed by atoms with Crippen LogP contribution in [0.2, 0.25) is 0 Å². The molecule has 0 bridgehead atoms. The summed E-state index contributed by atoms with van der Waals surface area (Å²) in [6.07, 6.45) is 0.864. The number of ether oxygens (including phenoxy) is 2. The van der Waals surface area contributed by atoms with E-state index in [1.54, 1.807) is 0 Å². The maximum Gasteiger partial charge on any atom is 0.254 e. The predicted octanol–water partition coefficient (Wildman–Crippen LogP) is 2.34. The van der Waals surface area contributed by atoms with E-state index >= 15 is 0 Å². The van der Waals surface area contributed by atoms with Gasteiger partial charge >= 0.3 is 0 Å². The van der Waals surface area contributed by atoms with E-state index < -0.39 is 27.5 Å². The van der Waals surface area contributed by atoms with Crippen molar-refractivity contribution in [2.75, 3.05) is 26.3 Å². The fraction of sp³-hybridized carbons (Fsp3) is 0.421. The van der Waals surface area contributed by atoms with Gasteiger partial charge in [-0.2, -0.15) is 4.31 Å². The summed E-state index contributed by atoms with van der Waals surface area (Å²) in [5.74, 6) is -2.11. The van der Waals surface area contributed by atoms with Crippen LogP contribution in [0.5, 0.6) is 0 Å². The molecule has 1 aromatic heterocycles. The van der Waals surface area contributed by atoms with Gasteiger partial charge < -0.3 is 14.8 Å². The molecule has 1 amide bonds. The number of halogens is 1. The van der Waals surface area contributed by atoms with E-state index in [2.05, 4.69) is 5.32 Å². The van der Waals surface area contributed by atoms with Crippen LogP contribution in [0.4, 0.5) is 4.39 Å². The summed E-state index contributed by atoms with van der Waals surface area (Å²) in [5.41, 5.74) is -0.293. The van der Waals surface area contributed by atoms with Gasteiger partial charge in [0.25, 0.3) is 5.91 Å². The first-order valence-corrected chi connectivity index (χ1v) is 11.6. The summed E-state index contributed by atoms with van der Waals surface area (Å²) >= 11 is 1.47. The van der Waals surface area contributed by atoms with Crippen LogP contribution in [0.15, 0.2) is 40.6 Å². The Bertz CT molecular complexity index is 978. The Kier molecular flexibility index (Phi) is 5.71. The quantitative estimate of drug-likeness (QED) is 0.772. The number of thiophene rings is 1. The van der Waals surface area contributed by atoms with Crippen molar-refractivity contribution in [1.29, 1.82) is 0 Å². The molecule has 3 heterocycles. The number of carbonyl (C=O) groups excluding carboxylic acids is 1. The number of nitrogens with zero attached hydrogens (tertiary/aromatic N) is 1. The van der Waals surface area contributed by atoms with Gasteiger partial charge in [-0.15, -0.1) is 11.3 Å². The van der Waals surface area contributed by atoms with Crippen LogP contribution in [0.25, 0.3) is 0 Å². The normalized spacial score (nSPS) is 19.5. The van der Waals surface area contributed by atoms with Crippen LogP contribution in [0.3, 0.4) is 0 Å². The molecule has 0 aliphatic carbocycles. The number of amides is 1. The number of piperidine rings is 1. The minimum Gasteiger partial charge on any atom is -0.347 e. The van der Waals surface area contributed by atoms with Gasteiger partial charge in [0.05, 0.1) is 30.2 Å². The molecular formula is C19H21FN2O5S2. The Labute approximate surface area is 172 Å². The Morgan fingerprint density at radius 1 is 1.21 bits per heavy atom. The largest absolute Gasteiger partial charge is 0.347 e. The van der Waals surface area contributed by atoms with E-state index in [-0.39, 0.29) is 30.1 Å². The Balaban J connectivity index is 1.49. The molecule has 0 radical (unpaired) electrons. The van der Waals surface area contributed by atoms with Gasteiger partial charge in [-0.25, -0.2) is 12.8 Å². The van der Waals surface area contributed by atoms with Crippen LogP contribution >= 0.6 is 11.3 Å². The minimum absolute atomic E-state index is 0.107. The Morgan fingerprint density at radius 3 is 2.59 bits per heavy atom. The molecule has 10 heteroatoms. The SMILES string of the molecule is O=C(NCc1cccs1)c1cc(S(=O)(=O)N2CCC3(CC2)OCCO3)ccc1F. The van der Waals surface area contributed by atoms with Crippen LogP contribution in [-0.2, 0) is 26.0 Å². The van der Waals surface area contributed by atoms with Gasteiger partial charge in [0.2, 0.25) is 10.0 Å². The van der Waals surface area contributed by atoms with Crippen molar-refractivity contribution in [3.05, 3.63) is 52.0 Å². The highest BCUT2D eigenvalue weighted by Crippen LogP contribution is 2.33.